The molecule has 0 radical (unpaired) electrons. The van der Waals surface area contributed by atoms with E-state index in [1.165, 1.54) is 12.8 Å². The van der Waals surface area contributed by atoms with Crippen molar-refractivity contribution in [1.82, 2.24) is 14.9 Å². The van der Waals surface area contributed by atoms with E-state index in [0.29, 0.717) is 38.8 Å². The molecule has 0 aromatic heterocycles. The third-order valence-electron chi connectivity index (χ3n) is 9.57. The fourth-order valence-electron chi connectivity index (χ4n) is 7.51. The van der Waals surface area contributed by atoms with Gasteiger partial charge in [-0.3, -0.25) is 9.74 Å². The molecule has 0 spiro atoms. The van der Waals surface area contributed by atoms with Crippen LogP contribution in [0.15, 0.2) is 0 Å². The van der Waals surface area contributed by atoms with Crippen LogP contribution in [-0.2, 0) is 14.3 Å². The molecule has 8 nitrogen and oxygen atoms in total. The molecule has 2 atom stereocenters. The minimum absolute atomic E-state index is 0.00729. The Morgan fingerprint density at radius 2 is 1.38 bits per heavy atom. The van der Waals surface area contributed by atoms with Gasteiger partial charge in [0.25, 0.3) is 0 Å². The van der Waals surface area contributed by atoms with Gasteiger partial charge < -0.3 is 24.6 Å². The highest BCUT2D eigenvalue weighted by molar-refractivity contribution is 5.03. The summed E-state index contributed by atoms with van der Waals surface area (Å²) in [6, 6.07) is 0.558. The predicted molar refractivity (Wildman–Crippen MR) is 173 cm³/mol. The Hall–Kier alpha value is -0.320. The molecule has 0 amide bonds. The maximum absolute atomic E-state index is 11.2. The quantitative estimate of drug-likeness (QED) is 0.236. The SMILES string of the molecule is CCCCN(C)C1CC(C)(C)N(CC(O)COC2CC(C)(C)N(OCC(C)(C)OCC(O)CC)C(C)(C)C2)C(C)(C)C1. The first kappa shape index (κ1) is 37.9. The maximum atomic E-state index is 11.2. The van der Waals surface area contributed by atoms with Crippen molar-refractivity contribution in [1.29, 1.82) is 0 Å². The molecule has 0 saturated carbocycles. The molecule has 42 heavy (non-hydrogen) atoms. The summed E-state index contributed by atoms with van der Waals surface area (Å²) >= 11 is 0. The highest BCUT2D eigenvalue weighted by Crippen LogP contribution is 2.42. The van der Waals surface area contributed by atoms with Crippen LogP contribution in [0.3, 0.4) is 0 Å². The van der Waals surface area contributed by atoms with Gasteiger partial charge in [0.2, 0.25) is 0 Å². The van der Waals surface area contributed by atoms with Crippen molar-refractivity contribution in [3.63, 3.8) is 0 Å². The lowest BCUT2D eigenvalue weighted by atomic mass is 9.76. The number of β-amino-alcohol motifs (C(OH)–C–C–N with tert-alkyl or cyclic N) is 1. The van der Waals surface area contributed by atoms with E-state index in [4.69, 9.17) is 14.3 Å². The van der Waals surface area contributed by atoms with E-state index in [0.717, 1.165) is 32.2 Å². The van der Waals surface area contributed by atoms with Crippen molar-refractivity contribution >= 4 is 0 Å². The third kappa shape index (κ3) is 10.6. The van der Waals surface area contributed by atoms with Crippen LogP contribution in [0.4, 0.5) is 0 Å². The van der Waals surface area contributed by atoms with Gasteiger partial charge in [0.1, 0.15) is 0 Å². The van der Waals surface area contributed by atoms with E-state index < -0.39 is 17.8 Å². The standard InChI is InChI=1S/C34H69N3O5/c1-14-16-17-35(13)26-18-30(3,4)36(31(5,6)19-26)22-28(39)23-40-29-20-32(7,8)37(33(9,10)21-29)42-25-34(11,12)41-24-27(38)15-2/h26-29,38-39H,14-25H2,1-13H3. The van der Waals surface area contributed by atoms with Crippen LogP contribution >= 0.6 is 0 Å². The van der Waals surface area contributed by atoms with Crippen molar-refractivity contribution in [3.05, 3.63) is 0 Å². The first-order valence-electron chi connectivity index (χ1n) is 16.7. The highest BCUT2D eigenvalue weighted by atomic mass is 16.7. The van der Waals surface area contributed by atoms with E-state index in [1.807, 2.05) is 20.8 Å². The molecular weight excluding hydrogens is 530 g/mol. The number of rotatable bonds is 16. The van der Waals surface area contributed by atoms with Crippen molar-refractivity contribution in [3.8, 4) is 0 Å². The number of hydrogen-bond donors (Lipinski definition) is 2. The molecule has 0 bridgehead atoms. The minimum Gasteiger partial charge on any atom is -0.391 e. The van der Waals surface area contributed by atoms with Crippen LogP contribution in [-0.4, -0.2) is 117 Å². The first-order valence-corrected chi connectivity index (χ1v) is 16.7. The fraction of sp³-hybridized carbons (Fsp3) is 1.00. The highest BCUT2D eigenvalue weighted by Gasteiger charge is 2.49. The van der Waals surface area contributed by atoms with Crippen LogP contribution in [0.5, 0.6) is 0 Å². The molecule has 2 rings (SSSR count). The van der Waals surface area contributed by atoms with Gasteiger partial charge in [-0.05, 0) is 121 Å². The molecule has 250 valence electrons. The molecule has 2 fully saturated rings. The van der Waals surface area contributed by atoms with Gasteiger partial charge in [-0.2, -0.15) is 5.06 Å². The smallest absolute Gasteiger partial charge is 0.0970 e. The first-order chi connectivity index (χ1) is 19.2. The molecule has 8 heteroatoms. The van der Waals surface area contributed by atoms with E-state index in [-0.39, 0.29) is 28.3 Å². The van der Waals surface area contributed by atoms with Gasteiger partial charge in [-0.1, -0.05) is 20.3 Å². The number of hydrogen-bond acceptors (Lipinski definition) is 8. The second-order valence-electron chi connectivity index (χ2n) is 16.5. The van der Waals surface area contributed by atoms with Gasteiger partial charge in [-0.25, -0.2) is 0 Å². The number of nitrogens with zero attached hydrogens (tertiary/aromatic N) is 3. The zero-order valence-corrected chi connectivity index (χ0v) is 29.8. The molecule has 2 aliphatic rings. The van der Waals surface area contributed by atoms with Crippen LogP contribution in [0.2, 0.25) is 0 Å². The Morgan fingerprint density at radius 1 is 0.833 bits per heavy atom. The van der Waals surface area contributed by atoms with E-state index in [9.17, 15) is 10.2 Å². The van der Waals surface area contributed by atoms with E-state index in [2.05, 4.69) is 84.2 Å². The van der Waals surface area contributed by atoms with E-state index in [1.54, 1.807) is 0 Å². The Bertz CT molecular complexity index is 779. The Balaban J connectivity index is 1.95. The molecule has 2 unspecified atom stereocenters. The summed E-state index contributed by atoms with van der Waals surface area (Å²) in [6.07, 6.45) is 5.99. The van der Waals surface area contributed by atoms with Crippen LogP contribution < -0.4 is 0 Å². The van der Waals surface area contributed by atoms with Gasteiger partial charge in [0, 0.05) is 34.7 Å². The lowest BCUT2D eigenvalue weighted by Crippen LogP contribution is -2.65. The van der Waals surface area contributed by atoms with E-state index >= 15 is 0 Å². The number of hydroxylamine groups is 2. The molecule has 2 N–H and O–H groups in total. The summed E-state index contributed by atoms with van der Waals surface area (Å²) in [5.74, 6) is 0. The Morgan fingerprint density at radius 3 is 1.88 bits per heavy atom. The molecular formula is C34H69N3O5. The lowest BCUT2D eigenvalue weighted by Gasteiger charge is -2.57. The van der Waals surface area contributed by atoms with Crippen molar-refractivity contribution in [2.45, 2.75) is 180 Å². The average Bonchev–Trinajstić information content (AvgIpc) is 2.84. The summed E-state index contributed by atoms with van der Waals surface area (Å²) in [6.45, 7) is 29.1. The molecule has 0 aliphatic carbocycles. The van der Waals surface area contributed by atoms with Gasteiger partial charge in [-0.15, -0.1) is 0 Å². The van der Waals surface area contributed by atoms with Gasteiger partial charge in [0.05, 0.1) is 43.7 Å². The Kier molecular flexibility index (Phi) is 13.4. The molecule has 2 aliphatic heterocycles. The van der Waals surface area contributed by atoms with Crippen LogP contribution in [0.1, 0.15) is 128 Å². The van der Waals surface area contributed by atoms with Crippen LogP contribution in [0, 0.1) is 0 Å². The topological polar surface area (TPSA) is 77.9 Å². The normalized spacial score (nSPS) is 25.1. The number of piperidine rings is 2. The van der Waals surface area contributed by atoms with Crippen molar-refractivity contribution < 1.29 is 24.5 Å². The Labute approximate surface area is 259 Å². The second-order valence-corrected chi connectivity index (χ2v) is 16.5. The minimum atomic E-state index is -0.546. The number of aliphatic hydroxyl groups excluding tert-OH is 2. The summed E-state index contributed by atoms with van der Waals surface area (Å²) in [5.41, 5.74) is -1.04. The summed E-state index contributed by atoms with van der Waals surface area (Å²) in [7, 11) is 2.28. The number of ether oxygens (including phenoxy) is 2. The fourth-order valence-corrected chi connectivity index (χ4v) is 7.51. The lowest BCUT2D eigenvalue weighted by molar-refractivity contribution is -0.312. The summed E-state index contributed by atoms with van der Waals surface area (Å²) < 4.78 is 12.4. The second kappa shape index (κ2) is 14.8. The summed E-state index contributed by atoms with van der Waals surface area (Å²) in [4.78, 5) is 11.5. The average molecular weight is 600 g/mol. The van der Waals surface area contributed by atoms with Crippen molar-refractivity contribution in [2.75, 3.05) is 40.0 Å². The van der Waals surface area contributed by atoms with Gasteiger partial charge >= 0.3 is 0 Å². The number of likely N-dealkylation sites (tertiary alicyclic amines) is 1. The zero-order valence-electron chi connectivity index (χ0n) is 29.8. The molecule has 0 aromatic carbocycles. The van der Waals surface area contributed by atoms with Crippen molar-refractivity contribution in [2.24, 2.45) is 0 Å². The predicted octanol–water partition coefficient (Wildman–Crippen LogP) is 5.64. The number of unbranched alkanes of at least 4 members (excludes halogenated alkanes) is 1. The van der Waals surface area contributed by atoms with Gasteiger partial charge in [0.15, 0.2) is 0 Å². The largest absolute Gasteiger partial charge is 0.391 e. The monoisotopic (exact) mass is 600 g/mol. The zero-order chi connectivity index (χ0) is 32.1. The summed E-state index contributed by atoms with van der Waals surface area (Å²) in [5, 5.41) is 23.3. The molecule has 0 aromatic rings. The molecule has 2 heterocycles. The molecule has 2 saturated heterocycles. The maximum Gasteiger partial charge on any atom is 0.0970 e. The number of aliphatic hydroxyl groups is 2. The third-order valence-corrected chi connectivity index (χ3v) is 9.57. The van der Waals surface area contributed by atoms with Crippen LogP contribution in [0.25, 0.3) is 0 Å².